The molecule has 0 aliphatic heterocycles. The van der Waals surface area contributed by atoms with Crippen LogP contribution in [0.25, 0.3) is 0 Å². The van der Waals surface area contributed by atoms with E-state index in [2.05, 4.69) is 0 Å². The van der Waals surface area contributed by atoms with Crippen molar-refractivity contribution in [3.8, 4) is 0 Å². The van der Waals surface area contributed by atoms with Gasteiger partial charge in [-0.15, -0.1) is 11.3 Å². The minimum atomic E-state index is -0.899. The lowest BCUT2D eigenvalue weighted by atomic mass is 10.1. The van der Waals surface area contributed by atoms with Crippen LogP contribution in [0.1, 0.15) is 52.7 Å². The minimum Gasteiger partial charge on any atom is -0.481 e. The number of Topliss-reactive ketones (excluding diaryl/α,β-unsaturated/α-hetero) is 1. The van der Waals surface area contributed by atoms with Crippen LogP contribution in [-0.4, -0.2) is 40.3 Å². The van der Waals surface area contributed by atoms with E-state index in [9.17, 15) is 14.4 Å². The molecule has 0 saturated heterocycles. The summed E-state index contributed by atoms with van der Waals surface area (Å²) >= 11 is 1.58. The van der Waals surface area contributed by atoms with E-state index in [1.807, 2.05) is 19.9 Å². The van der Waals surface area contributed by atoms with Crippen molar-refractivity contribution in [3.63, 3.8) is 0 Å². The number of amides is 1. The largest absolute Gasteiger partial charge is 0.481 e. The van der Waals surface area contributed by atoms with Gasteiger partial charge in [0.1, 0.15) is 0 Å². The first kappa shape index (κ1) is 17.7. The van der Waals surface area contributed by atoms with E-state index in [4.69, 9.17) is 5.11 Å². The number of carbonyl (C=O) groups is 3. The van der Waals surface area contributed by atoms with Gasteiger partial charge in [-0.05, 0) is 32.8 Å². The van der Waals surface area contributed by atoms with Crippen LogP contribution in [0.15, 0.2) is 6.07 Å². The average molecular weight is 337 g/mol. The maximum atomic E-state index is 12.4. The molecule has 2 rings (SSSR count). The van der Waals surface area contributed by atoms with Gasteiger partial charge in [-0.3, -0.25) is 14.4 Å². The lowest BCUT2D eigenvalue weighted by molar-refractivity contribution is -0.143. The molecule has 0 aromatic carbocycles. The molecule has 1 atom stereocenters. The maximum absolute atomic E-state index is 12.4. The number of rotatable bonds is 8. The zero-order valence-corrected chi connectivity index (χ0v) is 14.6. The first-order valence-electron chi connectivity index (χ1n) is 7.92. The van der Waals surface area contributed by atoms with Crippen LogP contribution in [0, 0.1) is 19.8 Å². The Morgan fingerprint density at radius 3 is 2.43 bits per heavy atom. The van der Waals surface area contributed by atoms with Gasteiger partial charge in [-0.25, -0.2) is 0 Å². The monoisotopic (exact) mass is 337 g/mol. The van der Waals surface area contributed by atoms with E-state index >= 15 is 0 Å². The summed E-state index contributed by atoms with van der Waals surface area (Å²) in [5.41, 5.74) is 0.706. The van der Waals surface area contributed by atoms with Gasteiger partial charge >= 0.3 is 5.97 Å². The summed E-state index contributed by atoms with van der Waals surface area (Å²) < 4.78 is 0. The fourth-order valence-electron chi connectivity index (χ4n) is 2.62. The second-order valence-corrected chi connectivity index (χ2v) is 7.73. The molecule has 23 heavy (non-hydrogen) atoms. The molecule has 1 fully saturated rings. The SMILES string of the molecule is Cc1cc(C(=O)CCC(=O)N(CC(C)C(=O)O)C2CC2)c(C)s1. The molecule has 0 spiro atoms. The summed E-state index contributed by atoms with van der Waals surface area (Å²) in [4.78, 5) is 39.4. The number of carbonyl (C=O) groups excluding carboxylic acids is 2. The molecule has 1 aromatic heterocycles. The molecule has 1 saturated carbocycles. The predicted octanol–water partition coefficient (Wildman–Crippen LogP) is 3.04. The van der Waals surface area contributed by atoms with E-state index in [1.54, 1.807) is 23.2 Å². The number of hydrogen-bond acceptors (Lipinski definition) is 4. The number of ketones is 1. The van der Waals surface area contributed by atoms with E-state index in [0.717, 1.165) is 22.6 Å². The number of carboxylic acid groups (broad SMARTS) is 1. The van der Waals surface area contributed by atoms with Gasteiger partial charge in [0.25, 0.3) is 0 Å². The summed E-state index contributed by atoms with van der Waals surface area (Å²) in [6, 6.07) is 2.03. The van der Waals surface area contributed by atoms with Crippen molar-refractivity contribution in [2.45, 2.75) is 52.5 Å². The Bertz CT molecular complexity index is 618. The molecule has 5 nitrogen and oxygen atoms in total. The topological polar surface area (TPSA) is 74.7 Å². The van der Waals surface area contributed by atoms with E-state index in [0.29, 0.717) is 5.56 Å². The third kappa shape index (κ3) is 4.64. The normalized spacial score (nSPS) is 15.3. The van der Waals surface area contributed by atoms with Crippen LogP contribution in [0.2, 0.25) is 0 Å². The van der Waals surface area contributed by atoms with Crippen molar-refractivity contribution in [1.82, 2.24) is 4.90 Å². The number of hydrogen-bond donors (Lipinski definition) is 1. The standard InChI is InChI=1S/C17H23NO4S/c1-10(17(21)22)9-18(13-4-5-13)16(20)7-6-15(19)14-8-11(2)23-12(14)3/h8,10,13H,4-7,9H2,1-3H3,(H,21,22). The van der Waals surface area contributed by atoms with Gasteiger partial charge in [0.05, 0.1) is 5.92 Å². The van der Waals surface area contributed by atoms with Gasteiger partial charge in [-0.1, -0.05) is 6.92 Å². The predicted molar refractivity (Wildman–Crippen MR) is 88.9 cm³/mol. The van der Waals surface area contributed by atoms with Gasteiger partial charge in [0, 0.05) is 40.7 Å². The van der Waals surface area contributed by atoms with Crippen LogP contribution in [0.5, 0.6) is 0 Å². The van der Waals surface area contributed by atoms with E-state index in [-0.39, 0.29) is 37.1 Å². The molecule has 1 heterocycles. The molecular formula is C17H23NO4S. The Kier molecular flexibility index (Phi) is 5.57. The third-order valence-corrected chi connectivity index (χ3v) is 5.07. The third-order valence-electron chi connectivity index (χ3n) is 4.11. The molecule has 6 heteroatoms. The highest BCUT2D eigenvalue weighted by atomic mass is 32.1. The highest BCUT2D eigenvalue weighted by Gasteiger charge is 2.34. The first-order valence-corrected chi connectivity index (χ1v) is 8.73. The fraction of sp³-hybridized carbons (Fsp3) is 0.588. The Morgan fingerprint density at radius 2 is 1.96 bits per heavy atom. The lowest BCUT2D eigenvalue weighted by Gasteiger charge is -2.24. The molecule has 1 unspecified atom stereocenters. The summed E-state index contributed by atoms with van der Waals surface area (Å²) in [7, 11) is 0. The summed E-state index contributed by atoms with van der Waals surface area (Å²) in [5.74, 6) is -1.61. The highest BCUT2D eigenvalue weighted by molar-refractivity contribution is 7.12. The summed E-state index contributed by atoms with van der Waals surface area (Å²) in [6.45, 7) is 5.71. The molecule has 1 aliphatic rings. The van der Waals surface area contributed by atoms with Crippen LogP contribution in [-0.2, 0) is 9.59 Å². The van der Waals surface area contributed by atoms with Crippen LogP contribution < -0.4 is 0 Å². The van der Waals surface area contributed by atoms with Crippen molar-refractivity contribution in [3.05, 3.63) is 21.4 Å². The van der Waals surface area contributed by atoms with E-state index in [1.165, 1.54) is 0 Å². The second kappa shape index (κ2) is 7.25. The minimum absolute atomic E-state index is 0.0118. The van der Waals surface area contributed by atoms with Crippen molar-refractivity contribution in [2.75, 3.05) is 6.54 Å². The number of aliphatic carboxylic acids is 1. The maximum Gasteiger partial charge on any atom is 0.308 e. The zero-order valence-electron chi connectivity index (χ0n) is 13.8. The molecule has 0 bridgehead atoms. The summed E-state index contributed by atoms with van der Waals surface area (Å²) in [5, 5.41) is 9.02. The number of carboxylic acids is 1. The lowest BCUT2D eigenvalue weighted by Crippen LogP contribution is -2.38. The first-order chi connectivity index (χ1) is 10.8. The Morgan fingerprint density at radius 1 is 1.30 bits per heavy atom. The van der Waals surface area contributed by atoms with Crippen molar-refractivity contribution >= 4 is 29.0 Å². The Labute approximate surface area is 140 Å². The van der Waals surface area contributed by atoms with Crippen molar-refractivity contribution in [1.29, 1.82) is 0 Å². The number of nitrogens with zero attached hydrogens (tertiary/aromatic N) is 1. The van der Waals surface area contributed by atoms with Crippen LogP contribution in [0.4, 0.5) is 0 Å². The van der Waals surface area contributed by atoms with Gasteiger partial charge in [0.2, 0.25) is 5.91 Å². The molecule has 1 aliphatic carbocycles. The van der Waals surface area contributed by atoms with Gasteiger partial charge in [0.15, 0.2) is 5.78 Å². The fourth-order valence-corrected chi connectivity index (χ4v) is 3.56. The highest BCUT2D eigenvalue weighted by Crippen LogP contribution is 2.29. The van der Waals surface area contributed by atoms with Gasteiger partial charge < -0.3 is 10.0 Å². The second-order valence-electron chi connectivity index (χ2n) is 6.27. The quantitative estimate of drug-likeness (QED) is 0.740. The number of thiophene rings is 1. The zero-order chi connectivity index (χ0) is 17.1. The molecule has 1 N–H and O–H groups in total. The van der Waals surface area contributed by atoms with E-state index < -0.39 is 11.9 Å². The van der Waals surface area contributed by atoms with Gasteiger partial charge in [-0.2, -0.15) is 0 Å². The number of aryl methyl sites for hydroxylation is 2. The van der Waals surface area contributed by atoms with Crippen molar-refractivity contribution < 1.29 is 19.5 Å². The molecule has 0 radical (unpaired) electrons. The molecule has 126 valence electrons. The van der Waals surface area contributed by atoms with Crippen LogP contribution >= 0.6 is 11.3 Å². The molecule has 1 amide bonds. The average Bonchev–Trinajstić information content (AvgIpc) is 3.26. The molecular weight excluding hydrogens is 314 g/mol. The van der Waals surface area contributed by atoms with Crippen LogP contribution in [0.3, 0.4) is 0 Å². The molecule has 1 aromatic rings. The van der Waals surface area contributed by atoms with Crippen molar-refractivity contribution in [2.24, 2.45) is 5.92 Å². The Hall–Kier alpha value is -1.69. The Balaban J connectivity index is 1.92. The smallest absolute Gasteiger partial charge is 0.308 e. The summed E-state index contributed by atoms with van der Waals surface area (Å²) in [6.07, 6.45) is 2.18.